The molecule has 0 saturated heterocycles. The van der Waals surface area contributed by atoms with Crippen molar-refractivity contribution in [3.05, 3.63) is 77.9 Å². The predicted octanol–water partition coefficient (Wildman–Crippen LogP) is 2.10. The van der Waals surface area contributed by atoms with E-state index >= 15 is 0 Å². The zero-order valence-corrected chi connectivity index (χ0v) is 12.6. The Kier molecular flexibility index (Phi) is 5.40. The van der Waals surface area contributed by atoms with Crippen molar-refractivity contribution in [2.45, 2.75) is 0 Å². The molecule has 2 amide bonds. The third kappa shape index (κ3) is 4.04. The Balaban J connectivity index is 0.000000292. The summed E-state index contributed by atoms with van der Waals surface area (Å²) in [5, 5.41) is 5.41. The van der Waals surface area contributed by atoms with Crippen LogP contribution < -0.4 is 11.5 Å². The molecule has 6 nitrogen and oxygen atoms in total. The van der Waals surface area contributed by atoms with Crippen LogP contribution in [0.1, 0.15) is 20.7 Å². The fourth-order valence-corrected chi connectivity index (χ4v) is 2.10. The SMILES string of the molecule is Fc1ccn[nH]1.NC(=O)c1ccccc1-c1ccccc1C(N)=O. The van der Waals surface area contributed by atoms with Crippen LogP contribution in [0.15, 0.2) is 60.8 Å². The number of halogens is 1. The van der Waals surface area contributed by atoms with Crippen LogP contribution in [-0.2, 0) is 0 Å². The quantitative estimate of drug-likeness (QED) is 0.684. The van der Waals surface area contributed by atoms with Gasteiger partial charge < -0.3 is 11.5 Å². The highest BCUT2D eigenvalue weighted by atomic mass is 19.1. The topological polar surface area (TPSA) is 115 Å². The first-order valence-electron chi connectivity index (χ1n) is 6.93. The minimum atomic E-state index is -0.537. The van der Waals surface area contributed by atoms with Gasteiger partial charge >= 0.3 is 0 Å². The summed E-state index contributed by atoms with van der Waals surface area (Å²) in [4.78, 5) is 22.8. The number of aromatic nitrogens is 2. The lowest BCUT2D eigenvalue weighted by molar-refractivity contribution is 0.0990. The number of primary amides is 2. The zero-order valence-electron chi connectivity index (χ0n) is 12.6. The second kappa shape index (κ2) is 7.68. The number of hydrogen-bond acceptors (Lipinski definition) is 3. The van der Waals surface area contributed by atoms with Crippen LogP contribution in [0.3, 0.4) is 0 Å². The summed E-state index contributed by atoms with van der Waals surface area (Å²) in [7, 11) is 0. The minimum absolute atomic E-state index is 0.367. The highest BCUT2D eigenvalue weighted by Crippen LogP contribution is 2.26. The number of carbonyl (C=O) groups excluding carboxylic acids is 2. The average Bonchev–Trinajstić information content (AvgIpc) is 3.06. The van der Waals surface area contributed by atoms with Gasteiger partial charge in [-0.2, -0.15) is 9.49 Å². The third-order valence-corrected chi connectivity index (χ3v) is 3.14. The molecule has 3 rings (SSSR count). The van der Waals surface area contributed by atoms with Gasteiger partial charge in [-0.05, 0) is 23.3 Å². The number of benzene rings is 2. The van der Waals surface area contributed by atoms with Crippen LogP contribution in [0.2, 0.25) is 0 Å². The fraction of sp³-hybridized carbons (Fsp3) is 0. The van der Waals surface area contributed by atoms with Crippen molar-refractivity contribution in [2.24, 2.45) is 11.5 Å². The molecule has 0 aliphatic rings. The number of carbonyl (C=O) groups is 2. The molecule has 2 aromatic carbocycles. The Bertz CT molecular complexity index is 792. The standard InChI is InChI=1S/C14H12N2O2.C3H3FN2/c15-13(17)11-7-3-1-5-9(11)10-6-2-4-8-12(10)14(16)18;4-3-1-2-5-6-3/h1-8H,(H2,15,17)(H2,16,18);1-2H,(H,5,6). The van der Waals surface area contributed by atoms with E-state index in [-0.39, 0.29) is 0 Å². The summed E-state index contributed by atoms with van der Waals surface area (Å²) in [6, 6.07) is 15.0. The fourth-order valence-electron chi connectivity index (χ4n) is 2.10. The Morgan fingerprint density at radius 2 is 1.29 bits per heavy atom. The van der Waals surface area contributed by atoms with Crippen LogP contribution in [0.25, 0.3) is 11.1 Å². The Morgan fingerprint density at radius 3 is 1.58 bits per heavy atom. The summed E-state index contributed by atoms with van der Waals surface area (Å²) in [5.41, 5.74) is 12.6. The van der Waals surface area contributed by atoms with Crippen molar-refractivity contribution >= 4 is 11.8 Å². The first kappa shape index (κ1) is 16.9. The number of H-pyrrole nitrogens is 1. The van der Waals surface area contributed by atoms with E-state index in [0.29, 0.717) is 22.3 Å². The summed E-state index contributed by atoms with van der Waals surface area (Å²) in [5.74, 6) is -1.47. The van der Waals surface area contributed by atoms with E-state index in [1.165, 1.54) is 12.3 Å². The first-order chi connectivity index (χ1) is 11.5. The number of hydrogen-bond donors (Lipinski definition) is 3. The van der Waals surface area contributed by atoms with Crippen LogP contribution >= 0.6 is 0 Å². The van der Waals surface area contributed by atoms with Crippen LogP contribution in [0.4, 0.5) is 4.39 Å². The van der Waals surface area contributed by atoms with Gasteiger partial charge in [-0.25, -0.2) is 0 Å². The molecular formula is C17H15FN4O2. The third-order valence-electron chi connectivity index (χ3n) is 3.14. The molecule has 0 aliphatic heterocycles. The maximum absolute atomic E-state index is 11.5. The second-order valence-corrected chi connectivity index (χ2v) is 4.72. The lowest BCUT2D eigenvalue weighted by Gasteiger charge is -2.10. The highest BCUT2D eigenvalue weighted by Gasteiger charge is 2.14. The van der Waals surface area contributed by atoms with Crippen LogP contribution in [0, 0.1) is 5.95 Å². The highest BCUT2D eigenvalue weighted by molar-refractivity contribution is 6.05. The molecular weight excluding hydrogens is 311 g/mol. The Morgan fingerprint density at radius 1 is 0.833 bits per heavy atom. The van der Waals surface area contributed by atoms with E-state index in [9.17, 15) is 14.0 Å². The molecule has 0 aliphatic carbocycles. The van der Waals surface area contributed by atoms with Gasteiger partial charge in [0.25, 0.3) is 0 Å². The van der Waals surface area contributed by atoms with Gasteiger partial charge in [0.2, 0.25) is 17.8 Å². The summed E-state index contributed by atoms with van der Waals surface area (Å²) < 4.78 is 11.5. The van der Waals surface area contributed by atoms with Gasteiger partial charge in [0, 0.05) is 17.2 Å². The van der Waals surface area contributed by atoms with E-state index in [2.05, 4.69) is 10.2 Å². The molecule has 0 saturated carbocycles. The first-order valence-corrected chi connectivity index (χ1v) is 6.93. The van der Waals surface area contributed by atoms with Gasteiger partial charge in [0.15, 0.2) is 0 Å². The summed E-state index contributed by atoms with van der Waals surface area (Å²) in [6.45, 7) is 0. The van der Waals surface area contributed by atoms with Gasteiger partial charge in [0.1, 0.15) is 0 Å². The Labute approximate surface area is 137 Å². The van der Waals surface area contributed by atoms with E-state index < -0.39 is 17.8 Å². The van der Waals surface area contributed by atoms with Crippen molar-refractivity contribution in [1.82, 2.24) is 10.2 Å². The van der Waals surface area contributed by atoms with Crippen molar-refractivity contribution in [3.8, 4) is 11.1 Å². The van der Waals surface area contributed by atoms with E-state index in [0.717, 1.165) is 0 Å². The smallest absolute Gasteiger partial charge is 0.249 e. The number of nitrogens with zero attached hydrogens (tertiary/aromatic N) is 1. The maximum atomic E-state index is 11.5. The molecule has 122 valence electrons. The molecule has 0 atom stereocenters. The molecule has 1 heterocycles. The van der Waals surface area contributed by atoms with Crippen LogP contribution in [-0.4, -0.2) is 22.0 Å². The minimum Gasteiger partial charge on any atom is -0.366 e. The van der Waals surface area contributed by atoms with E-state index in [4.69, 9.17) is 11.5 Å². The molecule has 0 fully saturated rings. The number of nitrogens with two attached hydrogens (primary N) is 2. The number of aromatic amines is 1. The van der Waals surface area contributed by atoms with Gasteiger partial charge in [-0.15, -0.1) is 0 Å². The predicted molar refractivity (Wildman–Crippen MR) is 87.5 cm³/mol. The van der Waals surface area contributed by atoms with E-state index in [1.807, 2.05) is 0 Å². The molecule has 1 aromatic heterocycles. The molecule has 0 unspecified atom stereocenters. The zero-order chi connectivity index (χ0) is 17.5. The van der Waals surface area contributed by atoms with Gasteiger partial charge in [0.05, 0.1) is 6.20 Å². The summed E-state index contributed by atoms with van der Waals surface area (Å²) in [6.07, 6.45) is 1.36. The molecule has 3 aromatic rings. The lowest BCUT2D eigenvalue weighted by atomic mass is 9.95. The van der Waals surface area contributed by atoms with Crippen LogP contribution in [0.5, 0.6) is 0 Å². The van der Waals surface area contributed by atoms with Gasteiger partial charge in [-0.1, -0.05) is 36.4 Å². The van der Waals surface area contributed by atoms with Crippen molar-refractivity contribution in [1.29, 1.82) is 0 Å². The molecule has 0 radical (unpaired) electrons. The molecule has 0 bridgehead atoms. The average molecular weight is 326 g/mol. The number of nitrogens with one attached hydrogen (secondary N) is 1. The number of rotatable bonds is 3. The number of amides is 2. The lowest BCUT2D eigenvalue weighted by Crippen LogP contribution is -2.15. The monoisotopic (exact) mass is 326 g/mol. The second-order valence-electron chi connectivity index (χ2n) is 4.72. The normalized spacial score (nSPS) is 9.71. The van der Waals surface area contributed by atoms with Crippen molar-refractivity contribution < 1.29 is 14.0 Å². The van der Waals surface area contributed by atoms with E-state index in [1.54, 1.807) is 48.5 Å². The summed E-state index contributed by atoms with van der Waals surface area (Å²) >= 11 is 0. The van der Waals surface area contributed by atoms with Crippen molar-refractivity contribution in [2.75, 3.05) is 0 Å². The molecule has 24 heavy (non-hydrogen) atoms. The Hall–Kier alpha value is -3.48. The largest absolute Gasteiger partial charge is 0.366 e. The molecule has 5 N–H and O–H groups in total. The molecule has 7 heteroatoms. The maximum Gasteiger partial charge on any atom is 0.249 e. The molecule has 0 spiro atoms. The van der Waals surface area contributed by atoms with Crippen molar-refractivity contribution in [3.63, 3.8) is 0 Å². The van der Waals surface area contributed by atoms with Gasteiger partial charge in [-0.3, -0.25) is 14.7 Å².